The van der Waals surface area contributed by atoms with Crippen LogP contribution < -0.4 is 9.29 Å². The molecule has 0 aliphatic rings. The lowest BCUT2D eigenvalue weighted by Crippen LogP contribution is -2.33. The van der Waals surface area contributed by atoms with Crippen molar-refractivity contribution in [2.24, 2.45) is 0 Å². The maximum Gasteiger partial charge on any atom is 0.372 e. The fourth-order valence-electron chi connectivity index (χ4n) is 3.86. The number of pyridine rings is 1. The minimum atomic E-state index is -4.15. The molecule has 2 aromatic heterocycles. The number of nitro benzene ring substituents is 2. The molecule has 194 valence electrons. The smallest absolute Gasteiger partial charge is 0.258 e. The van der Waals surface area contributed by atoms with E-state index in [1.54, 1.807) is 53.4 Å². The van der Waals surface area contributed by atoms with E-state index in [1.807, 2.05) is 12.1 Å². The van der Waals surface area contributed by atoms with E-state index < -0.39 is 19.9 Å². The number of nitro groups is 2. The Morgan fingerprint density at radius 1 is 0.718 bits per heavy atom. The number of benzene rings is 3. The van der Waals surface area contributed by atoms with Gasteiger partial charge in [0, 0.05) is 24.3 Å². The predicted octanol–water partition coefficient (Wildman–Crippen LogP) is 4.11. The van der Waals surface area contributed by atoms with Crippen molar-refractivity contribution in [1.82, 2.24) is 9.97 Å². The van der Waals surface area contributed by atoms with Crippen LogP contribution in [0.2, 0.25) is 0 Å². The van der Waals surface area contributed by atoms with Crippen molar-refractivity contribution >= 4 is 38.2 Å². The van der Waals surface area contributed by atoms with Crippen LogP contribution in [0, 0.1) is 20.2 Å². The van der Waals surface area contributed by atoms with Gasteiger partial charge in [-0.3, -0.25) is 25.0 Å². The SMILES string of the molecule is O=[N+]([O-])c1ccc(Cc2cc[n+](-c3nc4ccccc4nc3NS(=O)(=O)c3ccc([N+](=O)[O-])cc3)cc2)cc1. The van der Waals surface area contributed by atoms with Crippen molar-refractivity contribution < 1.29 is 22.8 Å². The van der Waals surface area contributed by atoms with Crippen molar-refractivity contribution in [2.75, 3.05) is 4.72 Å². The number of hydrogen-bond acceptors (Lipinski definition) is 8. The first kappa shape index (κ1) is 25.4. The summed E-state index contributed by atoms with van der Waals surface area (Å²) in [6, 6.07) is 21.5. The Labute approximate surface area is 221 Å². The molecule has 0 radical (unpaired) electrons. The zero-order chi connectivity index (χ0) is 27.6. The average molecular weight is 544 g/mol. The summed E-state index contributed by atoms with van der Waals surface area (Å²) in [4.78, 5) is 29.7. The molecule has 0 saturated carbocycles. The van der Waals surface area contributed by atoms with E-state index in [4.69, 9.17) is 0 Å². The Balaban J connectivity index is 1.47. The number of fused-ring (bicyclic) bond motifs is 1. The molecule has 0 aliphatic carbocycles. The molecule has 0 saturated heterocycles. The second-order valence-electron chi connectivity index (χ2n) is 8.46. The highest BCUT2D eigenvalue weighted by Crippen LogP contribution is 2.23. The lowest BCUT2D eigenvalue weighted by molar-refractivity contribution is -0.598. The predicted molar refractivity (Wildman–Crippen MR) is 141 cm³/mol. The van der Waals surface area contributed by atoms with Gasteiger partial charge in [-0.15, -0.1) is 0 Å². The Morgan fingerprint density at radius 2 is 1.23 bits per heavy atom. The standard InChI is InChI=1S/C26H19N6O6S/c33-31(34)20-7-5-18(6-8-20)17-19-13-15-30(16-14-19)26-25(27-23-3-1-2-4-24(23)28-26)29-39(37,38)22-11-9-21(10-12-22)32(35)36/h1-16H,17H2,(H,27,29)/q+1. The van der Waals surface area contributed by atoms with Crippen molar-refractivity contribution in [3.05, 3.63) is 129 Å². The monoisotopic (exact) mass is 543 g/mol. The number of rotatable bonds is 8. The molecule has 0 fully saturated rings. The van der Waals surface area contributed by atoms with Crippen molar-refractivity contribution in [3.63, 3.8) is 0 Å². The van der Waals surface area contributed by atoms with E-state index >= 15 is 0 Å². The Kier molecular flexibility index (Phi) is 6.64. The quantitative estimate of drug-likeness (QED) is 0.174. The van der Waals surface area contributed by atoms with Crippen molar-refractivity contribution in [3.8, 4) is 5.82 Å². The molecule has 13 heteroatoms. The molecule has 0 atom stereocenters. The number of non-ortho nitro benzene ring substituents is 2. The molecule has 2 heterocycles. The van der Waals surface area contributed by atoms with E-state index in [2.05, 4.69) is 14.7 Å². The number of hydrogen-bond donors (Lipinski definition) is 1. The fraction of sp³-hybridized carbons (Fsp3) is 0.0385. The number of anilines is 1. The third kappa shape index (κ3) is 5.52. The largest absolute Gasteiger partial charge is 0.372 e. The van der Waals surface area contributed by atoms with Crippen LogP contribution in [0.1, 0.15) is 11.1 Å². The second-order valence-corrected chi connectivity index (χ2v) is 10.1. The van der Waals surface area contributed by atoms with Crippen LogP contribution in [-0.4, -0.2) is 28.2 Å². The van der Waals surface area contributed by atoms with Crippen LogP contribution in [0.3, 0.4) is 0 Å². The van der Waals surface area contributed by atoms with Crippen LogP contribution in [0.4, 0.5) is 17.2 Å². The van der Waals surface area contributed by atoms with E-state index in [0.29, 0.717) is 17.5 Å². The molecule has 0 bridgehead atoms. The number of para-hydroxylation sites is 2. The molecule has 39 heavy (non-hydrogen) atoms. The summed E-state index contributed by atoms with van der Waals surface area (Å²) < 4.78 is 30.3. The number of nitrogens with zero attached hydrogens (tertiary/aromatic N) is 5. The van der Waals surface area contributed by atoms with Gasteiger partial charge in [0.25, 0.3) is 21.4 Å². The van der Waals surface area contributed by atoms with Gasteiger partial charge in [0.2, 0.25) is 11.3 Å². The second kappa shape index (κ2) is 10.2. The maximum absolute atomic E-state index is 13.1. The van der Waals surface area contributed by atoms with Gasteiger partial charge >= 0.3 is 5.82 Å². The van der Waals surface area contributed by atoms with Gasteiger partial charge < -0.3 is 0 Å². The molecule has 0 unspecified atom stereocenters. The van der Waals surface area contributed by atoms with Crippen LogP contribution >= 0.6 is 0 Å². The summed E-state index contributed by atoms with van der Waals surface area (Å²) in [5.41, 5.74) is 2.61. The molecular formula is C26H19N6O6S+. The van der Waals surface area contributed by atoms with Crippen LogP contribution in [0.25, 0.3) is 16.9 Å². The summed E-state index contributed by atoms with van der Waals surface area (Å²) in [7, 11) is -4.15. The van der Waals surface area contributed by atoms with Gasteiger partial charge in [-0.25, -0.2) is 18.0 Å². The average Bonchev–Trinajstić information content (AvgIpc) is 2.93. The third-order valence-electron chi connectivity index (χ3n) is 5.84. The van der Waals surface area contributed by atoms with Crippen LogP contribution in [-0.2, 0) is 16.4 Å². The number of nitrogens with one attached hydrogen (secondary N) is 1. The van der Waals surface area contributed by atoms with E-state index in [1.165, 1.54) is 12.1 Å². The van der Waals surface area contributed by atoms with Crippen LogP contribution in [0.15, 0.2) is 102 Å². The van der Waals surface area contributed by atoms with Crippen molar-refractivity contribution in [1.29, 1.82) is 0 Å². The normalized spacial score (nSPS) is 11.3. The lowest BCUT2D eigenvalue weighted by Gasteiger charge is -2.09. The van der Waals surface area contributed by atoms with Gasteiger partial charge in [0.1, 0.15) is 5.52 Å². The van der Waals surface area contributed by atoms with Gasteiger partial charge in [0.15, 0.2) is 0 Å². The molecule has 0 spiro atoms. The first-order valence-electron chi connectivity index (χ1n) is 11.5. The highest BCUT2D eigenvalue weighted by molar-refractivity contribution is 7.92. The first-order chi connectivity index (χ1) is 18.7. The molecule has 5 rings (SSSR count). The molecular weight excluding hydrogens is 524 g/mol. The van der Waals surface area contributed by atoms with Gasteiger partial charge in [0.05, 0.1) is 27.1 Å². The highest BCUT2D eigenvalue weighted by atomic mass is 32.2. The molecule has 0 amide bonds. The number of sulfonamides is 1. The third-order valence-corrected chi connectivity index (χ3v) is 7.19. The minimum Gasteiger partial charge on any atom is -0.258 e. The molecule has 5 aromatic rings. The van der Waals surface area contributed by atoms with Gasteiger partial charge in [-0.2, -0.15) is 0 Å². The van der Waals surface area contributed by atoms with E-state index in [0.717, 1.165) is 35.4 Å². The maximum atomic E-state index is 13.1. The van der Waals surface area contributed by atoms with Crippen LogP contribution in [0.5, 0.6) is 0 Å². The fourth-order valence-corrected chi connectivity index (χ4v) is 4.86. The summed E-state index contributed by atoms with van der Waals surface area (Å²) in [5, 5.41) is 21.8. The lowest BCUT2D eigenvalue weighted by atomic mass is 10.1. The molecule has 0 aliphatic heterocycles. The van der Waals surface area contributed by atoms with Gasteiger partial charge in [-0.1, -0.05) is 24.3 Å². The summed E-state index contributed by atoms with van der Waals surface area (Å²) >= 11 is 0. The number of aromatic nitrogens is 3. The molecule has 3 aromatic carbocycles. The Hall–Kier alpha value is -5.30. The Morgan fingerprint density at radius 3 is 1.79 bits per heavy atom. The van der Waals surface area contributed by atoms with E-state index in [9.17, 15) is 28.6 Å². The minimum absolute atomic E-state index is 0.0169. The van der Waals surface area contributed by atoms with Crippen molar-refractivity contribution in [2.45, 2.75) is 11.3 Å². The molecule has 12 nitrogen and oxygen atoms in total. The Bertz CT molecular complexity index is 1810. The van der Waals surface area contributed by atoms with Gasteiger partial charge in [-0.05, 0) is 58.9 Å². The summed E-state index contributed by atoms with van der Waals surface area (Å²) in [6.45, 7) is 0. The topological polar surface area (TPSA) is 162 Å². The summed E-state index contributed by atoms with van der Waals surface area (Å²) in [5.74, 6) is 0.196. The summed E-state index contributed by atoms with van der Waals surface area (Å²) in [6.07, 6.45) is 3.95. The zero-order valence-electron chi connectivity index (χ0n) is 20.0. The van der Waals surface area contributed by atoms with E-state index in [-0.39, 0.29) is 27.9 Å². The first-order valence-corrected chi connectivity index (χ1v) is 13.0. The highest BCUT2D eigenvalue weighted by Gasteiger charge is 2.25. The molecule has 1 N–H and O–H groups in total. The zero-order valence-corrected chi connectivity index (χ0v) is 20.9.